The van der Waals surface area contributed by atoms with Crippen molar-refractivity contribution >= 4 is 23.2 Å². The summed E-state index contributed by atoms with van der Waals surface area (Å²) in [7, 11) is 3.93. The van der Waals surface area contributed by atoms with Crippen LogP contribution in [-0.4, -0.2) is 30.8 Å². The number of anilines is 2. The van der Waals surface area contributed by atoms with Crippen LogP contribution in [0.4, 0.5) is 11.4 Å². The largest absolute Gasteiger partial charge is 0.459 e. The van der Waals surface area contributed by atoms with Crippen LogP contribution in [0, 0.1) is 5.92 Å². The van der Waals surface area contributed by atoms with Crippen molar-refractivity contribution in [1.29, 1.82) is 0 Å². The summed E-state index contributed by atoms with van der Waals surface area (Å²) in [5.41, 5.74) is 3.67. The lowest BCUT2D eigenvalue weighted by atomic mass is 10.0. The highest BCUT2D eigenvalue weighted by molar-refractivity contribution is 5.92. The predicted molar refractivity (Wildman–Crippen MR) is 132 cm³/mol. The van der Waals surface area contributed by atoms with E-state index in [1.165, 1.54) is 6.26 Å². The third-order valence-corrected chi connectivity index (χ3v) is 5.52. The van der Waals surface area contributed by atoms with Crippen molar-refractivity contribution in [2.24, 2.45) is 5.92 Å². The molecule has 0 saturated heterocycles. The van der Waals surface area contributed by atoms with E-state index in [2.05, 4.69) is 5.32 Å². The number of furan rings is 1. The van der Waals surface area contributed by atoms with Crippen LogP contribution in [0.1, 0.15) is 54.9 Å². The van der Waals surface area contributed by atoms with Crippen LogP contribution in [0.3, 0.4) is 0 Å². The van der Waals surface area contributed by atoms with Crippen LogP contribution in [0.2, 0.25) is 0 Å². The lowest BCUT2D eigenvalue weighted by Gasteiger charge is -2.31. The number of rotatable bonds is 9. The van der Waals surface area contributed by atoms with Gasteiger partial charge in [0.15, 0.2) is 5.76 Å². The van der Waals surface area contributed by atoms with Crippen molar-refractivity contribution in [2.75, 3.05) is 24.3 Å². The first-order valence-electron chi connectivity index (χ1n) is 11.3. The SMILES string of the molecule is CC(C)CC(=O)Nc1ccc(N(C)C)c(CN(C(=O)c2ccco2)[C@H](C)c2ccccc2)c1. The number of benzene rings is 2. The zero-order chi connectivity index (χ0) is 24.0. The molecule has 0 aliphatic carbocycles. The molecule has 2 aromatic carbocycles. The van der Waals surface area contributed by atoms with Gasteiger partial charge >= 0.3 is 0 Å². The lowest BCUT2D eigenvalue weighted by Crippen LogP contribution is -2.33. The lowest BCUT2D eigenvalue weighted by molar-refractivity contribution is -0.116. The van der Waals surface area contributed by atoms with Gasteiger partial charge in [-0.2, -0.15) is 0 Å². The van der Waals surface area contributed by atoms with E-state index in [1.54, 1.807) is 17.0 Å². The number of nitrogens with zero attached hydrogens (tertiary/aromatic N) is 2. The van der Waals surface area contributed by atoms with Crippen LogP contribution < -0.4 is 10.2 Å². The maximum atomic E-state index is 13.4. The van der Waals surface area contributed by atoms with Gasteiger partial charge in [0.1, 0.15) is 0 Å². The average Bonchev–Trinajstić information content (AvgIpc) is 3.31. The maximum Gasteiger partial charge on any atom is 0.290 e. The molecule has 0 fully saturated rings. The topological polar surface area (TPSA) is 65.8 Å². The van der Waals surface area contributed by atoms with E-state index in [9.17, 15) is 9.59 Å². The Morgan fingerprint density at radius 3 is 2.30 bits per heavy atom. The molecular formula is C27H33N3O3. The Kier molecular flexibility index (Phi) is 7.93. The summed E-state index contributed by atoms with van der Waals surface area (Å²) in [4.78, 5) is 29.6. The third-order valence-electron chi connectivity index (χ3n) is 5.52. The second-order valence-corrected chi connectivity index (χ2v) is 8.88. The number of nitrogens with one attached hydrogen (secondary N) is 1. The molecule has 6 nitrogen and oxygen atoms in total. The quantitative estimate of drug-likeness (QED) is 0.455. The minimum absolute atomic E-state index is 0.0188. The highest BCUT2D eigenvalue weighted by atomic mass is 16.3. The van der Waals surface area contributed by atoms with Crippen molar-refractivity contribution in [3.8, 4) is 0 Å². The molecule has 1 heterocycles. The van der Waals surface area contributed by atoms with E-state index in [1.807, 2.05) is 88.3 Å². The number of hydrogen-bond acceptors (Lipinski definition) is 4. The summed E-state index contributed by atoms with van der Waals surface area (Å²) in [5.74, 6) is 0.370. The third kappa shape index (κ3) is 6.25. The van der Waals surface area contributed by atoms with Gasteiger partial charge in [0.25, 0.3) is 5.91 Å². The van der Waals surface area contributed by atoms with E-state index in [0.29, 0.717) is 18.7 Å². The summed E-state index contributed by atoms with van der Waals surface area (Å²) in [6.45, 7) is 6.41. The van der Waals surface area contributed by atoms with Gasteiger partial charge in [-0.15, -0.1) is 0 Å². The molecule has 1 atom stereocenters. The summed E-state index contributed by atoms with van der Waals surface area (Å²) < 4.78 is 5.43. The van der Waals surface area contributed by atoms with Gasteiger partial charge in [-0.05, 0) is 54.3 Å². The van der Waals surface area contributed by atoms with Crippen LogP contribution in [0.15, 0.2) is 71.3 Å². The highest BCUT2D eigenvalue weighted by Gasteiger charge is 2.26. The van der Waals surface area contributed by atoms with E-state index in [0.717, 1.165) is 22.5 Å². The molecule has 3 rings (SSSR count). The zero-order valence-electron chi connectivity index (χ0n) is 20.0. The van der Waals surface area contributed by atoms with Crippen LogP contribution in [0.25, 0.3) is 0 Å². The van der Waals surface area contributed by atoms with E-state index in [-0.39, 0.29) is 23.8 Å². The van der Waals surface area contributed by atoms with Crippen LogP contribution in [-0.2, 0) is 11.3 Å². The van der Waals surface area contributed by atoms with Gasteiger partial charge in [-0.3, -0.25) is 9.59 Å². The van der Waals surface area contributed by atoms with Gasteiger partial charge < -0.3 is 19.5 Å². The number of carbonyl (C=O) groups is 2. The second-order valence-electron chi connectivity index (χ2n) is 8.88. The fourth-order valence-electron chi connectivity index (χ4n) is 3.83. The molecule has 0 spiro atoms. The van der Waals surface area contributed by atoms with Crippen LogP contribution >= 0.6 is 0 Å². The van der Waals surface area contributed by atoms with E-state index in [4.69, 9.17) is 4.42 Å². The highest BCUT2D eigenvalue weighted by Crippen LogP contribution is 2.30. The van der Waals surface area contributed by atoms with Gasteiger partial charge in [0.2, 0.25) is 5.91 Å². The first-order valence-corrected chi connectivity index (χ1v) is 11.3. The summed E-state index contributed by atoms with van der Waals surface area (Å²) in [6, 6.07) is 19.0. The number of carbonyl (C=O) groups excluding carboxylic acids is 2. The second kappa shape index (κ2) is 10.9. The fraction of sp³-hybridized carbons (Fsp3) is 0.333. The average molecular weight is 448 g/mol. The van der Waals surface area contributed by atoms with Crippen molar-refractivity contribution in [3.63, 3.8) is 0 Å². The Balaban J connectivity index is 1.97. The first-order chi connectivity index (χ1) is 15.8. The minimum atomic E-state index is -0.185. The Morgan fingerprint density at radius 2 is 1.70 bits per heavy atom. The molecule has 2 amide bonds. The molecule has 1 aromatic heterocycles. The minimum Gasteiger partial charge on any atom is -0.459 e. The van der Waals surface area contributed by atoms with Crippen molar-refractivity contribution < 1.29 is 14.0 Å². The van der Waals surface area contributed by atoms with Crippen LogP contribution in [0.5, 0.6) is 0 Å². The summed E-state index contributed by atoms with van der Waals surface area (Å²) in [5, 5.41) is 2.99. The molecule has 0 aliphatic rings. The van der Waals surface area contributed by atoms with E-state index >= 15 is 0 Å². The smallest absolute Gasteiger partial charge is 0.290 e. The summed E-state index contributed by atoms with van der Waals surface area (Å²) >= 11 is 0. The number of hydrogen-bond donors (Lipinski definition) is 1. The Hall–Kier alpha value is -3.54. The van der Waals surface area contributed by atoms with Crippen molar-refractivity contribution in [1.82, 2.24) is 4.90 Å². The Bertz CT molecular complexity index is 1060. The fourth-order valence-corrected chi connectivity index (χ4v) is 3.83. The number of amides is 2. The molecule has 174 valence electrons. The van der Waals surface area contributed by atoms with Crippen molar-refractivity contribution in [2.45, 2.75) is 39.8 Å². The molecule has 6 heteroatoms. The molecule has 0 radical (unpaired) electrons. The molecule has 1 N–H and O–H groups in total. The van der Waals surface area contributed by atoms with Gasteiger partial charge in [-0.25, -0.2) is 0 Å². The molecular weight excluding hydrogens is 414 g/mol. The molecule has 0 saturated carbocycles. The molecule has 33 heavy (non-hydrogen) atoms. The predicted octanol–water partition coefficient (Wildman–Crippen LogP) is 5.73. The first kappa shape index (κ1) is 24.1. The van der Waals surface area contributed by atoms with Gasteiger partial charge in [-0.1, -0.05) is 44.2 Å². The maximum absolute atomic E-state index is 13.4. The molecule has 0 aliphatic heterocycles. The van der Waals surface area contributed by atoms with Crippen molar-refractivity contribution in [3.05, 3.63) is 83.8 Å². The molecule has 0 unspecified atom stereocenters. The monoisotopic (exact) mass is 447 g/mol. The van der Waals surface area contributed by atoms with Gasteiger partial charge in [0.05, 0.1) is 12.3 Å². The Morgan fingerprint density at radius 1 is 0.970 bits per heavy atom. The zero-order valence-corrected chi connectivity index (χ0v) is 20.0. The Labute approximate surface area is 196 Å². The van der Waals surface area contributed by atoms with E-state index < -0.39 is 0 Å². The summed E-state index contributed by atoms with van der Waals surface area (Å²) in [6.07, 6.45) is 1.97. The standard InChI is InChI=1S/C27H33N3O3/c1-19(2)16-26(31)28-23-13-14-24(29(4)5)22(17-23)18-30(27(32)25-12-9-15-33-25)20(3)21-10-7-6-8-11-21/h6-15,17,19-20H,16,18H2,1-5H3,(H,28,31)/t20-/m1/s1. The molecule has 0 bridgehead atoms. The molecule has 3 aromatic rings. The van der Waals surface area contributed by atoms with Gasteiger partial charge in [0, 0.05) is 38.4 Å². The normalized spacial score (nSPS) is 11.8.